The largest absolute Gasteiger partial charge is 0.493 e. The number of hydrogen-bond donors (Lipinski definition) is 1. The van der Waals surface area contributed by atoms with Gasteiger partial charge >= 0.3 is 0 Å². The van der Waals surface area contributed by atoms with Gasteiger partial charge in [0, 0.05) is 6.08 Å². The molecule has 0 spiro atoms. The van der Waals surface area contributed by atoms with Gasteiger partial charge in [0.1, 0.15) is 10.4 Å². The second-order valence-electron chi connectivity index (χ2n) is 6.15. The van der Waals surface area contributed by atoms with Gasteiger partial charge in [0.15, 0.2) is 40.0 Å². The average Bonchev–Trinajstić information content (AvgIpc) is 2.74. The molecule has 160 valence electrons. The van der Waals surface area contributed by atoms with Crippen molar-refractivity contribution in [1.29, 1.82) is 0 Å². The average molecular weight is 439 g/mol. The zero-order valence-electron chi connectivity index (χ0n) is 16.8. The van der Waals surface area contributed by atoms with E-state index in [4.69, 9.17) is 39.7 Å². The molecular formula is C20H19ClO9. The summed E-state index contributed by atoms with van der Waals surface area (Å²) in [7, 11) is 6.52. The molecule has 1 unspecified atom stereocenters. The van der Waals surface area contributed by atoms with Gasteiger partial charge in [-0.25, -0.2) is 0 Å². The number of fused-ring (bicyclic) bond motifs is 1. The molecule has 0 aliphatic heterocycles. The molecule has 0 saturated carbocycles. The second kappa shape index (κ2) is 7.92. The monoisotopic (exact) mass is 438 g/mol. The molecule has 0 saturated heterocycles. The molecule has 1 N–H and O–H groups in total. The maximum absolute atomic E-state index is 13.3. The molecule has 2 aromatic rings. The zero-order chi connectivity index (χ0) is 22.2. The predicted molar refractivity (Wildman–Crippen MR) is 107 cm³/mol. The third kappa shape index (κ3) is 3.06. The minimum absolute atomic E-state index is 0.00177. The molecule has 0 amide bonds. The van der Waals surface area contributed by atoms with E-state index in [1.807, 2.05) is 0 Å². The van der Waals surface area contributed by atoms with E-state index in [2.05, 4.69) is 0 Å². The van der Waals surface area contributed by atoms with Crippen LogP contribution in [0.4, 0.5) is 0 Å². The van der Waals surface area contributed by atoms with Crippen LogP contribution in [0, 0.1) is 0 Å². The van der Waals surface area contributed by atoms with Gasteiger partial charge in [-0.2, -0.15) is 0 Å². The highest BCUT2D eigenvalue weighted by Crippen LogP contribution is 2.49. The second-order valence-corrected chi connectivity index (χ2v) is 6.53. The molecule has 0 radical (unpaired) electrons. The molecular weight excluding hydrogens is 420 g/mol. The van der Waals surface area contributed by atoms with Crippen molar-refractivity contribution >= 4 is 28.4 Å². The van der Waals surface area contributed by atoms with Crippen LogP contribution in [-0.4, -0.2) is 46.4 Å². The Morgan fingerprint density at radius 2 is 1.50 bits per heavy atom. The lowest BCUT2D eigenvalue weighted by molar-refractivity contribution is -0.114. The molecule has 1 aliphatic carbocycles. The Morgan fingerprint density at radius 1 is 0.900 bits per heavy atom. The highest BCUT2D eigenvalue weighted by atomic mass is 35.5. The standard InChI is InChI=1S/C20H19ClO9/c1-25-10-8-20(24,7-6-9(10)22)19-18(29-5)13(23)11-14(26-2)16(27-3)12(21)17(28-4)15(11)30-19/h6-8,24H,1-5H3. The summed E-state index contributed by atoms with van der Waals surface area (Å²) in [4.78, 5) is 25.2. The van der Waals surface area contributed by atoms with Crippen LogP contribution in [0.1, 0.15) is 5.76 Å². The number of aliphatic hydroxyl groups is 1. The maximum atomic E-state index is 13.3. The molecule has 1 aliphatic rings. The third-order valence-electron chi connectivity index (χ3n) is 4.59. The first-order valence-corrected chi connectivity index (χ1v) is 8.91. The number of methoxy groups -OCH3 is 5. The summed E-state index contributed by atoms with van der Waals surface area (Å²) in [6, 6.07) is 0. The van der Waals surface area contributed by atoms with Gasteiger partial charge < -0.3 is 33.2 Å². The molecule has 0 bridgehead atoms. The molecule has 9 nitrogen and oxygen atoms in total. The first-order chi connectivity index (χ1) is 14.3. The lowest BCUT2D eigenvalue weighted by Crippen LogP contribution is -2.28. The Balaban J connectivity index is 2.50. The molecule has 1 atom stereocenters. The number of carbonyl (C=O) groups excluding carboxylic acids is 1. The van der Waals surface area contributed by atoms with Crippen LogP contribution >= 0.6 is 11.6 Å². The number of allylic oxidation sites excluding steroid dienone is 1. The van der Waals surface area contributed by atoms with E-state index in [9.17, 15) is 14.7 Å². The first-order valence-electron chi connectivity index (χ1n) is 8.53. The number of benzene rings is 1. The van der Waals surface area contributed by atoms with Gasteiger partial charge in [-0.05, 0) is 12.2 Å². The van der Waals surface area contributed by atoms with Crippen LogP contribution in [0.25, 0.3) is 11.0 Å². The van der Waals surface area contributed by atoms with E-state index in [0.29, 0.717) is 0 Å². The van der Waals surface area contributed by atoms with Crippen LogP contribution in [0.2, 0.25) is 5.02 Å². The summed E-state index contributed by atoms with van der Waals surface area (Å²) in [5.74, 6) is -1.16. The summed E-state index contributed by atoms with van der Waals surface area (Å²) in [6.07, 6.45) is 3.36. The van der Waals surface area contributed by atoms with Crippen LogP contribution in [0.3, 0.4) is 0 Å². The topological polar surface area (TPSA) is 114 Å². The normalized spacial score (nSPS) is 18.2. The van der Waals surface area contributed by atoms with E-state index in [0.717, 1.165) is 18.2 Å². The van der Waals surface area contributed by atoms with Gasteiger partial charge in [0.05, 0.1) is 35.5 Å². The van der Waals surface area contributed by atoms with Gasteiger partial charge in [0.25, 0.3) is 0 Å². The maximum Gasteiger partial charge on any atom is 0.239 e. The van der Waals surface area contributed by atoms with Crippen molar-refractivity contribution in [2.75, 3.05) is 35.5 Å². The van der Waals surface area contributed by atoms with Crippen molar-refractivity contribution in [3.05, 3.63) is 45.0 Å². The minimum Gasteiger partial charge on any atom is -0.493 e. The summed E-state index contributed by atoms with van der Waals surface area (Å²) in [5.41, 5.74) is -2.81. The highest BCUT2D eigenvalue weighted by molar-refractivity contribution is 6.35. The summed E-state index contributed by atoms with van der Waals surface area (Å²) in [6.45, 7) is 0. The molecule has 0 fully saturated rings. The molecule has 1 aromatic heterocycles. The zero-order valence-corrected chi connectivity index (χ0v) is 17.6. The van der Waals surface area contributed by atoms with Crippen LogP contribution in [-0.2, 0) is 15.1 Å². The lowest BCUT2D eigenvalue weighted by atomic mass is 9.92. The van der Waals surface area contributed by atoms with Crippen LogP contribution in [0.5, 0.6) is 23.0 Å². The van der Waals surface area contributed by atoms with Crippen molar-refractivity contribution in [1.82, 2.24) is 0 Å². The molecule has 3 rings (SSSR count). The molecule has 30 heavy (non-hydrogen) atoms. The first kappa shape index (κ1) is 21.5. The Bertz CT molecular complexity index is 1150. The summed E-state index contributed by atoms with van der Waals surface area (Å²) >= 11 is 6.36. The molecule has 1 aromatic carbocycles. The number of rotatable bonds is 6. The van der Waals surface area contributed by atoms with Gasteiger partial charge in [-0.1, -0.05) is 11.6 Å². The quantitative estimate of drug-likeness (QED) is 0.725. The van der Waals surface area contributed by atoms with Crippen molar-refractivity contribution in [2.24, 2.45) is 0 Å². The van der Waals surface area contributed by atoms with E-state index in [1.54, 1.807) is 0 Å². The fraction of sp³-hybridized carbons (Fsp3) is 0.300. The Labute approximate surface area is 176 Å². The van der Waals surface area contributed by atoms with Gasteiger partial charge in [0.2, 0.25) is 17.0 Å². The third-order valence-corrected chi connectivity index (χ3v) is 4.94. The SMILES string of the molecule is COC1=CC(O)(c2oc3c(OC)c(Cl)c(OC)c(OC)c3c(=O)c2OC)C=CC1=O. The number of halogens is 1. The lowest BCUT2D eigenvalue weighted by Gasteiger charge is -2.25. The Morgan fingerprint density at radius 3 is 2.03 bits per heavy atom. The Kier molecular flexibility index (Phi) is 5.69. The molecule has 1 heterocycles. The van der Waals surface area contributed by atoms with Crippen LogP contribution in [0.15, 0.2) is 33.2 Å². The number of ether oxygens (including phenoxy) is 5. The smallest absolute Gasteiger partial charge is 0.239 e. The summed E-state index contributed by atoms with van der Waals surface area (Å²) in [5, 5.41) is 11.1. The van der Waals surface area contributed by atoms with E-state index < -0.39 is 16.8 Å². The van der Waals surface area contributed by atoms with E-state index in [1.165, 1.54) is 35.5 Å². The fourth-order valence-corrected chi connectivity index (χ4v) is 3.54. The summed E-state index contributed by atoms with van der Waals surface area (Å²) < 4.78 is 32.1. The van der Waals surface area contributed by atoms with Crippen molar-refractivity contribution < 1.29 is 38.0 Å². The van der Waals surface area contributed by atoms with Crippen molar-refractivity contribution in [3.63, 3.8) is 0 Å². The molecule has 10 heteroatoms. The van der Waals surface area contributed by atoms with Crippen molar-refractivity contribution in [3.8, 4) is 23.0 Å². The highest BCUT2D eigenvalue weighted by Gasteiger charge is 2.39. The van der Waals surface area contributed by atoms with Crippen molar-refractivity contribution in [2.45, 2.75) is 5.60 Å². The predicted octanol–water partition coefficient (Wildman–Crippen LogP) is 2.34. The van der Waals surface area contributed by atoms with E-state index in [-0.39, 0.29) is 50.5 Å². The minimum atomic E-state index is -2.03. The number of ketones is 1. The number of carbonyl (C=O) groups is 1. The fourth-order valence-electron chi connectivity index (χ4n) is 3.21. The number of hydrogen-bond acceptors (Lipinski definition) is 9. The van der Waals surface area contributed by atoms with Gasteiger partial charge in [-0.15, -0.1) is 0 Å². The van der Waals surface area contributed by atoms with Gasteiger partial charge in [-0.3, -0.25) is 9.59 Å². The van der Waals surface area contributed by atoms with Crippen LogP contribution < -0.4 is 24.4 Å². The Hall–Kier alpha value is -3.17. The van der Waals surface area contributed by atoms with E-state index >= 15 is 0 Å².